The number of likely N-dealkylation sites (tertiary alicyclic amines) is 1. The lowest BCUT2D eigenvalue weighted by Crippen LogP contribution is -2.40. The molecular formula is C16H20Cl2F3N3O. The van der Waals surface area contributed by atoms with E-state index in [4.69, 9.17) is 23.2 Å². The van der Waals surface area contributed by atoms with Crippen molar-refractivity contribution in [2.45, 2.75) is 25.6 Å². The van der Waals surface area contributed by atoms with Gasteiger partial charge in [0.25, 0.3) is 0 Å². The number of nitrogens with one attached hydrogen (secondary N) is 2. The quantitative estimate of drug-likeness (QED) is 0.780. The number of halogens is 5. The van der Waals surface area contributed by atoms with Gasteiger partial charge in [-0.2, -0.15) is 13.2 Å². The number of alkyl halides is 3. The molecule has 0 spiro atoms. The number of urea groups is 1. The molecule has 0 radical (unpaired) electrons. The van der Waals surface area contributed by atoms with Crippen LogP contribution in [0.25, 0.3) is 0 Å². The third-order valence-corrected chi connectivity index (χ3v) is 4.85. The third-order valence-electron chi connectivity index (χ3n) is 4.12. The molecule has 2 atom stereocenters. The van der Waals surface area contributed by atoms with Crippen molar-refractivity contribution < 1.29 is 18.0 Å². The predicted octanol–water partition coefficient (Wildman–Crippen LogP) is 4.24. The molecule has 0 unspecified atom stereocenters. The molecule has 1 saturated heterocycles. The van der Waals surface area contributed by atoms with Crippen LogP contribution in [0.1, 0.15) is 24.9 Å². The largest absolute Gasteiger partial charge is 0.401 e. The van der Waals surface area contributed by atoms with Gasteiger partial charge in [-0.1, -0.05) is 29.3 Å². The number of nitrogens with zero attached hydrogens (tertiary/aromatic N) is 1. The Kier molecular flexibility index (Phi) is 6.82. The van der Waals surface area contributed by atoms with Crippen LogP contribution in [-0.2, 0) is 0 Å². The first-order valence-electron chi connectivity index (χ1n) is 7.92. The fourth-order valence-electron chi connectivity index (χ4n) is 2.83. The minimum absolute atomic E-state index is 0.0217. The highest BCUT2D eigenvalue weighted by Gasteiger charge is 2.34. The van der Waals surface area contributed by atoms with Gasteiger partial charge in [-0.05, 0) is 43.5 Å². The first kappa shape index (κ1) is 20.1. The van der Waals surface area contributed by atoms with Crippen molar-refractivity contribution in [1.82, 2.24) is 15.5 Å². The van der Waals surface area contributed by atoms with Crippen LogP contribution in [0.4, 0.5) is 18.0 Å². The Balaban J connectivity index is 1.74. The number of carbonyl (C=O) groups is 1. The summed E-state index contributed by atoms with van der Waals surface area (Å²) in [7, 11) is 0. The summed E-state index contributed by atoms with van der Waals surface area (Å²) in [6.07, 6.45) is -3.55. The van der Waals surface area contributed by atoms with E-state index in [0.717, 1.165) is 5.56 Å². The van der Waals surface area contributed by atoms with Crippen molar-refractivity contribution >= 4 is 29.2 Å². The molecule has 2 rings (SSSR count). The average molecular weight is 398 g/mol. The molecule has 2 N–H and O–H groups in total. The molecule has 0 aromatic heterocycles. The summed E-state index contributed by atoms with van der Waals surface area (Å²) in [6, 6.07) is 4.46. The van der Waals surface area contributed by atoms with Crippen LogP contribution in [0.15, 0.2) is 18.2 Å². The molecule has 0 aliphatic carbocycles. The summed E-state index contributed by atoms with van der Waals surface area (Å²) in [6.45, 7) is 1.98. The molecule has 0 saturated carbocycles. The third kappa shape index (κ3) is 6.56. The summed E-state index contributed by atoms with van der Waals surface area (Å²) in [4.78, 5) is 13.3. The lowest BCUT2D eigenvalue weighted by molar-refractivity contribution is -0.143. The Bertz CT molecular complexity index is 613. The van der Waals surface area contributed by atoms with Crippen molar-refractivity contribution in [3.63, 3.8) is 0 Å². The van der Waals surface area contributed by atoms with Crippen molar-refractivity contribution in [3.8, 4) is 0 Å². The Morgan fingerprint density at radius 3 is 2.72 bits per heavy atom. The van der Waals surface area contributed by atoms with Crippen molar-refractivity contribution in [3.05, 3.63) is 33.8 Å². The molecule has 1 fully saturated rings. The molecule has 1 heterocycles. The molecule has 140 valence electrons. The van der Waals surface area contributed by atoms with Gasteiger partial charge in [0.05, 0.1) is 22.6 Å². The molecule has 0 bridgehead atoms. The van der Waals surface area contributed by atoms with E-state index < -0.39 is 12.7 Å². The van der Waals surface area contributed by atoms with E-state index in [2.05, 4.69) is 10.6 Å². The van der Waals surface area contributed by atoms with Gasteiger partial charge in [0.2, 0.25) is 0 Å². The molecule has 1 aliphatic heterocycles. The highest BCUT2D eigenvalue weighted by molar-refractivity contribution is 6.42. The van der Waals surface area contributed by atoms with Gasteiger partial charge < -0.3 is 10.6 Å². The van der Waals surface area contributed by atoms with Crippen LogP contribution in [0.2, 0.25) is 10.0 Å². The monoisotopic (exact) mass is 397 g/mol. The van der Waals surface area contributed by atoms with Crippen LogP contribution in [0, 0.1) is 5.92 Å². The van der Waals surface area contributed by atoms with E-state index in [1.54, 1.807) is 25.1 Å². The van der Waals surface area contributed by atoms with Crippen molar-refractivity contribution in [1.29, 1.82) is 0 Å². The summed E-state index contributed by atoms with van der Waals surface area (Å²) in [5.74, 6) is 0.0217. The molecule has 1 aromatic rings. The highest BCUT2D eigenvalue weighted by atomic mass is 35.5. The molecule has 1 aromatic carbocycles. The van der Waals surface area contributed by atoms with Crippen LogP contribution in [0.5, 0.6) is 0 Å². The summed E-state index contributed by atoms with van der Waals surface area (Å²) >= 11 is 11.8. The molecule has 9 heteroatoms. The van der Waals surface area contributed by atoms with Gasteiger partial charge in [0.1, 0.15) is 0 Å². The molecular weight excluding hydrogens is 378 g/mol. The number of amides is 2. The van der Waals surface area contributed by atoms with Gasteiger partial charge in [-0.25, -0.2) is 4.79 Å². The summed E-state index contributed by atoms with van der Waals surface area (Å²) in [5.41, 5.74) is 0.807. The lowest BCUT2D eigenvalue weighted by atomic mass is 10.1. The van der Waals surface area contributed by atoms with Crippen LogP contribution in [-0.4, -0.2) is 43.3 Å². The lowest BCUT2D eigenvalue weighted by Gasteiger charge is -2.19. The minimum Gasteiger partial charge on any atom is -0.338 e. The number of hydrogen-bond acceptors (Lipinski definition) is 2. The summed E-state index contributed by atoms with van der Waals surface area (Å²) < 4.78 is 37.1. The number of carbonyl (C=O) groups excluding carboxylic acids is 1. The van der Waals surface area contributed by atoms with Crippen molar-refractivity contribution in [2.75, 3.05) is 26.2 Å². The number of hydrogen-bond donors (Lipinski definition) is 2. The highest BCUT2D eigenvalue weighted by Crippen LogP contribution is 2.25. The maximum atomic E-state index is 12.4. The maximum absolute atomic E-state index is 12.4. The fourth-order valence-corrected chi connectivity index (χ4v) is 3.13. The van der Waals surface area contributed by atoms with Crippen molar-refractivity contribution in [2.24, 2.45) is 5.92 Å². The number of benzene rings is 1. The second kappa shape index (κ2) is 8.47. The zero-order valence-electron chi connectivity index (χ0n) is 13.7. The first-order chi connectivity index (χ1) is 11.6. The van der Waals surface area contributed by atoms with Gasteiger partial charge in [-0.15, -0.1) is 0 Å². The Labute approximate surface area is 154 Å². The van der Waals surface area contributed by atoms with Crippen LogP contribution < -0.4 is 10.6 Å². The average Bonchev–Trinajstić information content (AvgIpc) is 2.93. The Morgan fingerprint density at radius 2 is 2.08 bits per heavy atom. The maximum Gasteiger partial charge on any atom is 0.401 e. The zero-order valence-corrected chi connectivity index (χ0v) is 15.2. The van der Waals surface area contributed by atoms with Gasteiger partial charge in [0.15, 0.2) is 0 Å². The molecule has 25 heavy (non-hydrogen) atoms. The summed E-state index contributed by atoms with van der Waals surface area (Å²) in [5, 5.41) is 6.33. The van der Waals surface area contributed by atoms with E-state index in [0.29, 0.717) is 36.1 Å². The molecule has 4 nitrogen and oxygen atoms in total. The van der Waals surface area contributed by atoms with E-state index in [1.807, 2.05) is 0 Å². The Morgan fingerprint density at radius 1 is 1.36 bits per heavy atom. The van der Waals surface area contributed by atoms with Gasteiger partial charge >= 0.3 is 12.2 Å². The number of rotatable bonds is 5. The van der Waals surface area contributed by atoms with E-state index >= 15 is 0 Å². The van der Waals surface area contributed by atoms with E-state index in [1.165, 1.54) is 4.90 Å². The van der Waals surface area contributed by atoms with Gasteiger partial charge in [0, 0.05) is 13.1 Å². The van der Waals surface area contributed by atoms with Crippen LogP contribution >= 0.6 is 23.2 Å². The standard InChI is InChI=1S/C16H20Cl2F3N3O/c1-10(12-2-3-13(17)14(18)6-12)23-15(25)22-7-11-4-5-24(8-11)9-16(19,20)21/h2-3,6,10-11H,4-5,7-9H2,1H3,(H2,22,23,25)/t10-,11-/m0/s1. The second-order valence-electron chi connectivity index (χ2n) is 6.25. The van der Waals surface area contributed by atoms with E-state index in [9.17, 15) is 18.0 Å². The second-order valence-corrected chi connectivity index (χ2v) is 7.07. The SMILES string of the molecule is C[C@H](NC(=O)NC[C@@H]1CCN(CC(F)(F)F)C1)c1ccc(Cl)c(Cl)c1. The molecule has 1 aliphatic rings. The minimum atomic E-state index is -4.19. The zero-order chi connectivity index (χ0) is 18.6. The molecule has 2 amide bonds. The fraction of sp³-hybridized carbons (Fsp3) is 0.562. The first-order valence-corrected chi connectivity index (χ1v) is 8.68. The Hall–Kier alpha value is -1.18. The topological polar surface area (TPSA) is 44.4 Å². The normalized spacial score (nSPS) is 19.7. The predicted molar refractivity (Wildman–Crippen MR) is 92.0 cm³/mol. The van der Waals surface area contributed by atoms with Crippen LogP contribution in [0.3, 0.4) is 0 Å². The smallest absolute Gasteiger partial charge is 0.338 e. The van der Waals surface area contributed by atoms with E-state index in [-0.39, 0.29) is 18.0 Å². The van der Waals surface area contributed by atoms with Gasteiger partial charge in [-0.3, -0.25) is 4.90 Å².